The Kier molecular flexibility index (Phi) is 2.50. The van der Waals surface area contributed by atoms with Crippen molar-refractivity contribution < 1.29 is 9.90 Å². The Morgan fingerprint density at radius 3 is 2.81 bits per heavy atom. The summed E-state index contributed by atoms with van der Waals surface area (Å²) in [5.74, 6) is -0.811. The first-order chi connectivity index (χ1) is 7.39. The number of fused-ring (bicyclic) bond motifs is 1. The molecule has 3 N–H and O–H groups in total. The third-order valence-electron chi connectivity index (χ3n) is 2.97. The number of carboxylic acid groups (broad SMARTS) is 1. The molecule has 1 aromatic rings. The van der Waals surface area contributed by atoms with E-state index in [0.29, 0.717) is 6.42 Å². The van der Waals surface area contributed by atoms with Gasteiger partial charge in [0.15, 0.2) is 0 Å². The molecule has 2 rings (SSSR count). The molecule has 0 amide bonds. The molecule has 0 radical (unpaired) electrons. The van der Waals surface area contributed by atoms with Crippen molar-refractivity contribution in [3.05, 3.63) is 17.7 Å². The van der Waals surface area contributed by atoms with E-state index < -0.39 is 12.0 Å². The normalized spacial score (nSPS) is 25.2. The molecule has 1 aromatic heterocycles. The van der Waals surface area contributed by atoms with Crippen LogP contribution < -0.4 is 5.32 Å². The number of nitrogens with one attached hydrogen (secondary N) is 2. The van der Waals surface area contributed by atoms with Gasteiger partial charge in [-0.1, -0.05) is 20.8 Å². The van der Waals surface area contributed by atoms with Gasteiger partial charge in [0.2, 0.25) is 0 Å². The molecule has 0 aliphatic carbocycles. The van der Waals surface area contributed by atoms with Crippen LogP contribution >= 0.6 is 0 Å². The number of aromatic nitrogens is 2. The van der Waals surface area contributed by atoms with E-state index >= 15 is 0 Å². The highest BCUT2D eigenvalue weighted by Crippen LogP contribution is 2.36. The van der Waals surface area contributed by atoms with E-state index in [1.54, 1.807) is 6.33 Å². The first-order valence-corrected chi connectivity index (χ1v) is 5.40. The lowest BCUT2D eigenvalue weighted by Gasteiger charge is -2.36. The van der Waals surface area contributed by atoms with E-state index in [1.165, 1.54) is 0 Å². The summed E-state index contributed by atoms with van der Waals surface area (Å²) in [7, 11) is 0. The molecule has 16 heavy (non-hydrogen) atoms. The molecule has 0 saturated carbocycles. The largest absolute Gasteiger partial charge is 0.480 e. The van der Waals surface area contributed by atoms with Gasteiger partial charge in [0, 0.05) is 12.1 Å². The van der Waals surface area contributed by atoms with Crippen molar-refractivity contribution in [1.82, 2.24) is 15.3 Å². The van der Waals surface area contributed by atoms with Crippen molar-refractivity contribution in [2.45, 2.75) is 39.3 Å². The van der Waals surface area contributed by atoms with Crippen molar-refractivity contribution in [2.24, 2.45) is 5.41 Å². The van der Waals surface area contributed by atoms with Gasteiger partial charge in [-0.05, 0) is 5.41 Å². The van der Waals surface area contributed by atoms with Gasteiger partial charge < -0.3 is 10.1 Å². The molecular weight excluding hydrogens is 206 g/mol. The lowest BCUT2D eigenvalue weighted by atomic mass is 9.81. The van der Waals surface area contributed by atoms with Crippen molar-refractivity contribution >= 4 is 5.97 Å². The van der Waals surface area contributed by atoms with Gasteiger partial charge >= 0.3 is 5.97 Å². The van der Waals surface area contributed by atoms with Crippen LogP contribution in [0.3, 0.4) is 0 Å². The van der Waals surface area contributed by atoms with Gasteiger partial charge in [-0.3, -0.25) is 10.1 Å². The summed E-state index contributed by atoms with van der Waals surface area (Å²) in [6.07, 6.45) is 2.10. The molecule has 5 heteroatoms. The number of aromatic amines is 1. The highest BCUT2D eigenvalue weighted by Gasteiger charge is 2.38. The molecule has 0 aromatic carbocycles. The molecule has 2 atom stereocenters. The Labute approximate surface area is 94.3 Å². The van der Waals surface area contributed by atoms with Crippen LogP contribution in [0.25, 0.3) is 0 Å². The predicted octanol–water partition coefficient (Wildman–Crippen LogP) is 1.10. The number of H-pyrrole nitrogens is 1. The van der Waals surface area contributed by atoms with Gasteiger partial charge in [-0.2, -0.15) is 0 Å². The van der Waals surface area contributed by atoms with E-state index in [1.807, 2.05) is 0 Å². The van der Waals surface area contributed by atoms with Crippen LogP contribution in [0.15, 0.2) is 6.33 Å². The summed E-state index contributed by atoms with van der Waals surface area (Å²) >= 11 is 0. The summed E-state index contributed by atoms with van der Waals surface area (Å²) in [5.41, 5.74) is 1.83. The van der Waals surface area contributed by atoms with Crippen LogP contribution in [0.2, 0.25) is 0 Å². The van der Waals surface area contributed by atoms with Crippen molar-refractivity contribution in [3.63, 3.8) is 0 Å². The lowest BCUT2D eigenvalue weighted by Crippen LogP contribution is -2.48. The van der Waals surface area contributed by atoms with Gasteiger partial charge in [0.25, 0.3) is 0 Å². The quantitative estimate of drug-likeness (QED) is 0.666. The zero-order chi connectivity index (χ0) is 11.9. The minimum absolute atomic E-state index is 0.0244. The average Bonchev–Trinajstić information content (AvgIpc) is 2.61. The molecule has 0 spiro atoms. The maximum absolute atomic E-state index is 11.1. The highest BCUT2D eigenvalue weighted by molar-refractivity contribution is 5.74. The SMILES string of the molecule is CC(C)(C)C1N[C@@H](C(=O)O)Cc2[nH]cnc21. The third kappa shape index (κ3) is 1.82. The molecule has 5 nitrogen and oxygen atoms in total. The molecule has 0 bridgehead atoms. The lowest BCUT2D eigenvalue weighted by molar-refractivity contribution is -0.140. The molecular formula is C11H17N3O2. The second-order valence-electron chi connectivity index (χ2n) is 5.33. The zero-order valence-electron chi connectivity index (χ0n) is 9.74. The maximum Gasteiger partial charge on any atom is 0.321 e. The Morgan fingerprint density at radius 2 is 2.25 bits per heavy atom. The van der Waals surface area contributed by atoms with E-state index in [9.17, 15) is 4.79 Å². The number of nitrogens with zero attached hydrogens (tertiary/aromatic N) is 1. The van der Waals surface area contributed by atoms with E-state index in [0.717, 1.165) is 11.4 Å². The minimum Gasteiger partial charge on any atom is -0.480 e. The number of rotatable bonds is 1. The van der Waals surface area contributed by atoms with E-state index in [2.05, 4.69) is 36.1 Å². The second kappa shape index (κ2) is 3.59. The fraction of sp³-hybridized carbons (Fsp3) is 0.636. The second-order valence-corrected chi connectivity index (χ2v) is 5.33. The zero-order valence-corrected chi connectivity index (χ0v) is 9.74. The first-order valence-electron chi connectivity index (χ1n) is 5.40. The first kappa shape index (κ1) is 11.1. The standard InChI is InChI=1S/C11H17N3O2/c1-11(2,3)9-8-6(12-5-13-8)4-7(14-9)10(15)16/h5,7,9,14H,4H2,1-3H3,(H,12,13)(H,15,16)/t7-,9?/m1/s1. The van der Waals surface area contributed by atoms with Crippen molar-refractivity contribution in [3.8, 4) is 0 Å². The molecule has 88 valence electrons. The monoisotopic (exact) mass is 223 g/mol. The van der Waals surface area contributed by atoms with E-state index in [4.69, 9.17) is 5.11 Å². The Balaban J connectivity index is 2.37. The van der Waals surface area contributed by atoms with E-state index in [-0.39, 0.29) is 11.5 Å². The summed E-state index contributed by atoms with van der Waals surface area (Å²) in [6, 6.07) is -0.555. The Bertz CT molecular complexity index is 406. The Morgan fingerprint density at radius 1 is 1.56 bits per heavy atom. The van der Waals surface area contributed by atoms with Crippen LogP contribution in [0.1, 0.15) is 38.2 Å². The topological polar surface area (TPSA) is 78.0 Å². The van der Waals surface area contributed by atoms with Crippen LogP contribution in [-0.4, -0.2) is 27.1 Å². The molecule has 1 unspecified atom stereocenters. The van der Waals surface area contributed by atoms with Crippen LogP contribution in [0, 0.1) is 5.41 Å². The Hall–Kier alpha value is -1.36. The van der Waals surface area contributed by atoms with Crippen LogP contribution in [0.4, 0.5) is 0 Å². The van der Waals surface area contributed by atoms with Gasteiger partial charge in [0.1, 0.15) is 6.04 Å². The highest BCUT2D eigenvalue weighted by atomic mass is 16.4. The van der Waals surface area contributed by atoms with Gasteiger partial charge in [-0.15, -0.1) is 0 Å². The number of imidazole rings is 1. The molecule has 1 aliphatic rings. The smallest absolute Gasteiger partial charge is 0.321 e. The summed E-state index contributed by atoms with van der Waals surface area (Å²) < 4.78 is 0. The fourth-order valence-corrected chi connectivity index (χ4v) is 2.11. The number of carbonyl (C=O) groups is 1. The van der Waals surface area contributed by atoms with Gasteiger partial charge in [0.05, 0.1) is 18.1 Å². The minimum atomic E-state index is -0.811. The van der Waals surface area contributed by atoms with Crippen LogP contribution in [-0.2, 0) is 11.2 Å². The summed E-state index contributed by atoms with van der Waals surface area (Å²) in [5, 5.41) is 12.2. The molecule has 2 heterocycles. The number of carboxylic acids is 1. The number of hydrogen-bond donors (Lipinski definition) is 3. The maximum atomic E-state index is 11.1. The molecule has 1 aliphatic heterocycles. The van der Waals surface area contributed by atoms with Crippen molar-refractivity contribution in [1.29, 1.82) is 0 Å². The van der Waals surface area contributed by atoms with Crippen molar-refractivity contribution in [2.75, 3.05) is 0 Å². The third-order valence-corrected chi connectivity index (χ3v) is 2.97. The average molecular weight is 223 g/mol. The van der Waals surface area contributed by atoms with Gasteiger partial charge in [-0.25, -0.2) is 4.98 Å². The fourth-order valence-electron chi connectivity index (χ4n) is 2.11. The summed E-state index contributed by atoms with van der Waals surface area (Å²) in [4.78, 5) is 18.4. The van der Waals surface area contributed by atoms with Crippen LogP contribution in [0.5, 0.6) is 0 Å². The summed E-state index contributed by atoms with van der Waals surface area (Å²) in [6.45, 7) is 6.23. The molecule has 0 saturated heterocycles. The number of aliphatic carboxylic acids is 1. The predicted molar refractivity (Wildman–Crippen MR) is 59.0 cm³/mol. The molecule has 0 fully saturated rings. The number of hydrogen-bond acceptors (Lipinski definition) is 3.